The molecular formula is C9H16O4. The number of esters is 1. The molecule has 0 saturated heterocycles. The molecule has 0 aromatic heterocycles. The zero-order valence-electron chi connectivity index (χ0n) is 8.49. The van der Waals surface area contributed by atoms with E-state index in [4.69, 9.17) is 9.47 Å². The van der Waals surface area contributed by atoms with Gasteiger partial charge in [0.2, 0.25) is 0 Å². The van der Waals surface area contributed by atoms with Crippen LogP contribution in [-0.2, 0) is 19.0 Å². The Morgan fingerprint density at radius 1 is 1.54 bits per heavy atom. The van der Waals surface area contributed by atoms with Gasteiger partial charge < -0.3 is 14.2 Å². The summed E-state index contributed by atoms with van der Waals surface area (Å²) in [5.74, 6) is -0.428. The topological polar surface area (TPSA) is 44.8 Å². The highest BCUT2D eigenvalue weighted by molar-refractivity contribution is 5.87. The molecule has 0 aliphatic heterocycles. The summed E-state index contributed by atoms with van der Waals surface area (Å²) in [6.07, 6.45) is 0.818. The lowest BCUT2D eigenvalue weighted by Gasteiger charge is -2.12. The van der Waals surface area contributed by atoms with Gasteiger partial charge in [0.15, 0.2) is 6.29 Å². The summed E-state index contributed by atoms with van der Waals surface area (Å²) in [5, 5.41) is 0. The molecule has 0 N–H and O–H groups in total. The van der Waals surface area contributed by atoms with Crippen molar-refractivity contribution in [2.45, 2.75) is 27.1 Å². The van der Waals surface area contributed by atoms with Crippen molar-refractivity contribution in [1.82, 2.24) is 0 Å². The Kier molecular flexibility index (Phi) is 5.97. The van der Waals surface area contributed by atoms with Gasteiger partial charge in [0.1, 0.15) is 0 Å². The smallest absolute Gasteiger partial charge is 0.339 e. The van der Waals surface area contributed by atoms with Gasteiger partial charge in [0.05, 0.1) is 18.9 Å². The minimum Gasteiger partial charge on any atom is -0.504 e. The third-order valence-corrected chi connectivity index (χ3v) is 1.29. The Morgan fingerprint density at radius 2 is 2.15 bits per heavy atom. The number of methoxy groups -OCH3 is 1. The second-order valence-electron chi connectivity index (χ2n) is 2.46. The number of ether oxygens (including phenoxy) is 3. The van der Waals surface area contributed by atoms with Crippen LogP contribution in [0.15, 0.2) is 11.8 Å². The van der Waals surface area contributed by atoms with Crippen molar-refractivity contribution < 1.29 is 19.0 Å². The van der Waals surface area contributed by atoms with E-state index in [1.165, 1.54) is 13.4 Å². The Morgan fingerprint density at radius 3 is 2.62 bits per heavy atom. The lowest BCUT2D eigenvalue weighted by molar-refractivity contribution is -0.169. The van der Waals surface area contributed by atoms with Gasteiger partial charge in [-0.15, -0.1) is 0 Å². The van der Waals surface area contributed by atoms with Gasteiger partial charge in [0, 0.05) is 6.61 Å². The molecule has 4 nitrogen and oxygen atoms in total. The van der Waals surface area contributed by atoms with Crippen molar-refractivity contribution in [3.05, 3.63) is 11.8 Å². The third kappa shape index (κ3) is 5.25. The molecule has 76 valence electrons. The standard InChI is InChI=1S/C9H16O4/c1-5-12-8(3)13-9(10)7(2)6-11-4/h6,8H,5H2,1-4H3/b7-6+. The second kappa shape index (κ2) is 6.48. The Balaban J connectivity index is 3.92. The van der Waals surface area contributed by atoms with Gasteiger partial charge in [-0.05, 0) is 20.8 Å². The highest BCUT2D eigenvalue weighted by atomic mass is 16.7. The number of rotatable bonds is 5. The van der Waals surface area contributed by atoms with Gasteiger partial charge in [-0.25, -0.2) is 4.79 Å². The van der Waals surface area contributed by atoms with Crippen molar-refractivity contribution >= 4 is 5.97 Å². The molecule has 0 saturated carbocycles. The molecule has 1 unspecified atom stereocenters. The zero-order chi connectivity index (χ0) is 10.3. The molecule has 0 heterocycles. The first-order valence-corrected chi connectivity index (χ1v) is 4.14. The molecule has 0 spiro atoms. The monoisotopic (exact) mass is 188 g/mol. The van der Waals surface area contributed by atoms with Crippen molar-refractivity contribution in [2.24, 2.45) is 0 Å². The van der Waals surface area contributed by atoms with E-state index in [1.807, 2.05) is 6.92 Å². The Hall–Kier alpha value is -1.03. The number of hydrogen-bond acceptors (Lipinski definition) is 4. The van der Waals surface area contributed by atoms with Gasteiger partial charge in [-0.1, -0.05) is 0 Å². The van der Waals surface area contributed by atoms with Gasteiger partial charge in [-0.3, -0.25) is 0 Å². The summed E-state index contributed by atoms with van der Waals surface area (Å²) in [5.41, 5.74) is 0.411. The molecule has 1 atom stereocenters. The maximum atomic E-state index is 11.2. The first-order valence-electron chi connectivity index (χ1n) is 4.14. The van der Waals surface area contributed by atoms with Gasteiger partial charge in [0.25, 0.3) is 0 Å². The fourth-order valence-electron chi connectivity index (χ4n) is 0.737. The van der Waals surface area contributed by atoms with Crippen LogP contribution in [0.3, 0.4) is 0 Å². The molecule has 4 heteroatoms. The van der Waals surface area contributed by atoms with Crippen molar-refractivity contribution in [3.8, 4) is 0 Å². The number of hydrogen-bond donors (Lipinski definition) is 0. The number of carbonyl (C=O) groups excluding carboxylic acids is 1. The van der Waals surface area contributed by atoms with Crippen LogP contribution in [-0.4, -0.2) is 26.0 Å². The second-order valence-corrected chi connectivity index (χ2v) is 2.46. The highest BCUT2D eigenvalue weighted by Crippen LogP contribution is 2.01. The molecule has 0 aromatic rings. The van der Waals surface area contributed by atoms with E-state index in [2.05, 4.69) is 4.74 Å². The third-order valence-electron chi connectivity index (χ3n) is 1.29. The molecule has 0 rings (SSSR count). The van der Waals surface area contributed by atoms with Crippen molar-refractivity contribution in [3.63, 3.8) is 0 Å². The molecule has 13 heavy (non-hydrogen) atoms. The average Bonchev–Trinajstić information content (AvgIpc) is 2.05. The Bertz CT molecular complexity index is 186. The van der Waals surface area contributed by atoms with Crippen LogP contribution in [0.5, 0.6) is 0 Å². The van der Waals surface area contributed by atoms with E-state index >= 15 is 0 Å². The van der Waals surface area contributed by atoms with E-state index in [0.29, 0.717) is 12.2 Å². The Labute approximate surface area is 78.5 Å². The quantitative estimate of drug-likeness (QED) is 0.283. The van der Waals surface area contributed by atoms with Crippen LogP contribution in [0, 0.1) is 0 Å². The first kappa shape index (κ1) is 12.0. The lowest BCUT2D eigenvalue weighted by Crippen LogP contribution is -2.18. The van der Waals surface area contributed by atoms with E-state index in [9.17, 15) is 4.79 Å². The van der Waals surface area contributed by atoms with E-state index in [0.717, 1.165) is 0 Å². The molecule has 0 bridgehead atoms. The highest BCUT2D eigenvalue weighted by Gasteiger charge is 2.10. The summed E-state index contributed by atoms with van der Waals surface area (Å²) < 4.78 is 14.6. The summed E-state index contributed by atoms with van der Waals surface area (Å²) in [7, 11) is 1.47. The van der Waals surface area contributed by atoms with Crippen LogP contribution < -0.4 is 0 Å². The molecule has 0 fully saturated rings. The maximum absolute atomic E-state index is 11.2. The van der Waals surface area contributed by atoms with Crippen LogP contribution >= 0.6 is 0 Å². The molecular weight excluding hydrogens is 172 g/mol. The average molecular weight is 188 g/mol. The van der Waals surface area contributed by atoms with E-state index in [1.54, 1.807) is 13.8 Å². The zero-order valence-corrected chi connectivity index (χ0v) is 8.49. The summed E-state index contributed by atoms with van der Waals surface area (Å²) in [6.45, 7) is 5.63. The minimum absolute atomic E-state index is 0.411. The summed E-state index contributed by atoms with van der Waals surface area (Å²) in [4.78, 5) is 11.2. The van der Waals surface area contributed by atoms with Crippen LogP contribution in [0.1, 0.15) is 20.8 Å². The van der Waals surface area contributed by atoms with Crippen molar-refractivity contribution in [1.29, 1.82) is 0 Å². The van der Waals surface area contributed by atoms with E-state index in [-0.39, 0.29) is 0 Å². The fraction of sp³-hybridized carbons (Fsp3) is 0.667. The van der Waals surface area contributed by atoms with Crippen LogP contribution in [0.4, 0.5) is 0 Å². The number of carbonyl (C=O) groups is 1. The predicted molar refractivity (Wildman–Crippen MR) is 47.9 cm³/mol. The lowest BCUT2D eigenvalue weighted by atomic mass is 10.3. The van der Waals surface area contributed by atoms with Gasteiger partial charge in [-0.2, -0.15) is 0 Å². The molecule has 0 amide bonds. The van der Waals surface area contributed by atoms with E-state index < -0.39 is 12.3 Å². The van der Waals surface area contributed by atoms with Crippen LogP contribution in [0.2, 0.25) is 0 Å². The molecule has 0 aliphatic rings. The molecule has 0 aliphatic carbocycles. The van der Waals surface area contributed by atoms with Gasteiger partial charge >= 0.3 is 5.97 Å². The minimum atomic E-state index is -0.516. The molecule has 0 aromatic carbocycles. The van der Waals surface area contributed by atoms with Crippen molar-refractivity contribution in [2.75, 3.05) is 13.7 Å². The SMILES string of the molecule is CCOC(C)OC(=O)/C(C)=C/OC. The normalized spacial score (nSPS) is 13.7. The fourth-order valence-corrected chi connectivity index (χ4v) is 0.737. The molecule has 0 radical (unpaired) electrons. The van der Waals surface area contributed by atoms with Crippen LogP contribution in [0.25, 0.3) is 0 Å². The predicted octanol–water partition coefficient (Wildman–Crippen LogP) is 1.46. The summed E-state index contributed by atoms with van der Waals surface area (Å²) >= 11 is 0. The maximum Gasteiger partial charge on any atom is 0.339 e. The summed E-state index contributed by atoms with van der Waals surface area (Å²) in [6, 6.07) is 0. The largest absolute Gasteiger partial charge is 0.504 e. The first-order chi connectivity index (χ1) is 6.11.